The fraction of sp³-hybridized carbons (Fsp3) is 0.316. The average Bonchev–Trinajstić information content (AvgIpc) is 3.34. The standard InChI is InChI=1S/C19H19N5O3/c1-11(25)16-9-15-17(27-16)19(24-5-7-26-8-6-24)22-18(21-15)12-3-2-4-14-13(12)10-20-23-14/h2-4,9-11,25H,5-8H2,1H3,(H,20,23)/t11-/m0/s1. The molecule has 8 nitrogen and oxygen atoms in total. The van der Waals surface area contributed by atoms with E-state index in [1.165, 1.54) is 0 Å². The van der Waals surface area contributed by atoms with Crippen LogP contribution in [0.15, 0.2) is 34.9 Å². The molecular formula is C19H19N5O3. The lowest BCUT2D eigenvalue weighted by molar-refractivity contribution is 0.122. The van der Waals surface area contributed by atoms with Crippen molar-refractivity contribution in [3.8, 4) is 11.4 Å². The van der Waals surface area contributed by atoms with Gasteiger partial charge in [-0.25, -0.2) is 9.97 Å². The molecule has 8 heteroatoms. The maximum Gasteiger partial charge on any atom is 0.195 e. The van der Waals surface area contributed by atoms with Crippen LogP contribution in [0.5, 0.6) is 0 Å². The van der Waals surface area contributed by atoms with Crippen LogP contribution >= 0.6 is 0 Å². The molecule has 1 aromatic carbocycles. The van der Waals surface area contributed by atoms with E-state index in [1.54, 1.807) is 19.2 Å². The minimum atomic E-state index is -0.711. The first-order valence-corrected chi connectivity index (χ1v) is 8.95. The van der Waals surface area contributed by atoms with Gasteiger partial charge in [-0.05, 0) is 13.0 Å². The number of furan rings is 1. The van der Waals surface area contributed by atoms with Crippen molar-refractivity contribution in [2.45, 2.75) is 13.0 Å². The van der Waals surface area contributed by atoms with Gasteiger partial charge in [0.2, 0.25) is 0 Å². The Kier molecular flexibility index (Phi) is 3.80. The number of hydrogen-bond donors (Lipinski definition) is 2. The second-order valence-electron chi connectivity index (χ2n) is 6.65. The smallest absolute Gasteiger partial charge is 0.195 e. The molecule has 3 aromatic heterocycles. The normalized spacial score (nSPS) is 16.3. The Bertz CT molecular complexity index is 1110. The first-order valence-electron chi connectivity index (χ1n) is 8.95. The summed E-state index contributed by atoms with van der Waals surface area (Å²) in [6.07, 6.45) is 1.07. The van der Waals surface area contributed by atoms with Crippen LogP contribution < -0.4 is 4.90 Å². The molecule has 1 atom stereocenters. The maximum absolute atomic E-state index is 9.94. The topological polar surface area (TPSA) is 100 Å². The van der Waals surface area contributed by atoms with E-state index in [9.17, 15) is 5.11 Å². The highest BCUT2D eigenvalue weighted by Crippen LogP contribution is 2.34. The first kappa shape index (κ1) is 16.2. The molecule has 1 aliphatic heterocycles. The summed E-state index contributed by atoms with van der Waals surface area (Å²) in [4.78, 5) is 11.7. The van der Waals surface area contributed by atoms with Crippen molar-refractivity contribution in [2.75, 3.05) is 31.2 Å². The number of morpholine rings is 1. The summed E-state index contributed by atoms with van der Waals surface area (Å²) in [6, 6.07) is 7.69. The van der Waals surface area contributed by atoms with E-state index in [0.717, 1.165) is 35.4 Å². The van der Waals surface area contributed by atoms with Gasteiger partial charge in [0, 0.05) is 30.1 Å². The second kappa shape index (κ2) is 6.33. The quantitative estimate of drug-likeness (QED) is 0.576. The van der Waals surface area contributed by atoms with E-state index in [-0.39, 0.29) is 0 Å². The molecule has 1 aliphatic rings. The largest absolute Gasteiger partial charge is 0.453 e. The van der Waals surface area contributed by atoms with Crippen LogP contribution in [-0.4, -0.2) is 51.6 Å². The molecule has 0 spiro atoms. The highest BCUT2D eigenvalue weighted by atomic mass is 16.5. The fourth-order valence-corrected chi connectivity index (χ4v) is 3.41. The molecule has 1 saturated heterocycles. The number of hydrogen-bond acceptors (Lipinski definition) is 7. The summed E-state index contributed by atoms with van der Waals surface area (Å²) in [5.74, 6) is 1.81. The Morgan fingerprint density at radius 1 is 1.22 bits per heavy atom. The number of aromatic nitrogens is 4. The Hall–Kier alpha value is -2.97. The van der Waals surface area contributed by atoms with Crippen molar-refractivity contribution < 1.29 is 14.3 Å². The number of fused-ring (bicyclic) bond motifs is 2. The first-order chi connectivity index (χ1) is 13.2. The Morgan fingerprint density at radius 2 is 2.07 bits per heavy atom. The summed E-state index contributed by atoms with van der Waals surface area (Å²) < 4.78 is 11.4. The minimum Gasteiger partial charge on any atom is -0.453 e. The molecule has 138 valence electrons. The summed E-state index contributed by atoms with van der Waals surface area (Å²) in [5.41, 5.74) is 3.10. The summed E-state index contributed by atoms with van der Waals surface area (Å²) in [5, 5.41) is 18.0. The van der Waals surface area contributed by atoms with Crippen molar-refractivity contribution in [1.82, 2.24) is 20.2 Å². The number of rotatable bonds is 3. The third kappa shape index (κ3) is 2.73. The van der Waals surface area contributed by atoms with E-state index < -0.39 is 6.10 Å². The third-order valence-corrected chi connectivity index (χ3v) is 4.82. The number of H-pyrrole nitrogens is 1. The molecular weight excluding hydrogens is 346 g/mol. The van der Waals surface area contributed by atoms with Gasteiger partial charge in [-0.15, -0.1) is 0 Å². The Balaban J connectivity index is 1.74. The van der Waals surface area contributed by atoms with Crippen molar-refractivity contribution in [2.24, 2.45) is 0 Å². The molecule has 1 fully saturated rings. The van der Waals surface area contributed by atoms with Crippen LogP contribution in [0.25, 0.3) is 33.4 Å². The molecule has 27 heavy (non-hydrogen) atoms. The van der Waals surface area contributed by atoms with Crippen LogP contribution in [-0.2, 0) is 4.74 Å². The number of ether oxygens (including phenoxy) is 1. The predicted octanol–water partition coefficient (Wildman–Crippen LogP) is 2.66. The van der Waals surface area contributed by atoms with Gasteiger partial charge in [-0.3, -0.25) is 5.10 Å². The highest BCUT2D eigenvalue weighted by Gasteiger charge is 2.23. The molecule has 0 radical (unpaired) electrons. The molecule has 0 aliphatic carbocycles. The van der Waals surface area contributed by atoms with Gasteiger partial charge < -0.3 is 19.2 Å². The summed E-state index contributed by atoms with van der Waals surface area (Å²) >= 11 is 0. The third-order valence-electron chi connectivity index (χ3n) is 4.82. The van der Waals surface area contributed by atoms with E-state index in [1.807, 2.05) is 18.2 Å². The van der Waals surface area contributed by atoms with E-state index in [4.69, 9.17) is 19.1 Å². The predicted molar refractivity (Wildman–Crippen MR) is 101 cm³/mol. The number of aliphatic hydroxyl groups is 1. The van der Waals surface area contributed by atoms with Gasteiger partial charge in [-0.1, -0.05) is 12.1 Å². The van der Waals surface area contributed by atoms with Gasteiger partial charge in [0.25, 0.3) is 0 Å². The SMILES string of the molecule is C[C@H](O)c1cc2nc(-c3cccc4[nH]ncc34)nc(N3CCOCC3)c2o1. The van der Waals surface area contributed by atoms with Crippen LogP contribution in [0.2, 0.25) is 0 Å². The van der Waals surface area contributed by atoms with Gasteiger partial charge >= 0.3 is 0 Å². The molecule has 0 saturated carbocycles. The number of benzene rings is 1. The number of nitrogens with one attached hydrogen (secondary N) is 1. The number of anilines is 1. The second-order valence-corrected chi connectivity index (χ2v) is 6.65. The van der Waals surface area contributed by atoms with Crippen molar-refractivity contribution in [3.63, 3.8) is 0 Å². The lowest BCUT2D eigenvalue weighted by Gasteiger charge is -2.27. The van der Waals surface area contributed by atoms with Crippen LogP contribution in [0.1, 0.15) is 18.8 Å². The Morgan fingerprint density at radius 3 is 2.89 bits per heavy atom. The molecule has 0 bridgehead atoms. The monoisotopic (exact) mass is 365 g/mol. The zero-order chi connectivity index (χ0) is 18.4. The fourth-order valence-electron chi connectivity index (χ4n) is 3.41. The van der Waals surface area contributed by atoms with Gasteiger partial charge in [0.1, 0.15) is 17.4 Å². The molecule has 5 rings (SSSR count). The number of aliphatic hydroxyl groups excluding tert-OH is 1. The summed E-state index contributed by atoms with van der Waals surface area (Å²) in [7, 11) is 0. The maximum atomic E-state index is 9.94. The molecule has 0 unspecified atom stereocenters. The zero-order valence-corrected chi connectivity index (χ0v) is 14.8. The van der Waals surface area contributed by atoms with Crippen LogP contribution in [0.3, 0.4) is 0 Å². The number of nitrogens with zero attached hydrogens (tertiary/aromatic N) is 4. The Labute approximate surface area is 154 Å². The van der Waals surface area contributed by atoms with Crippen molar-refractivity contribution in [3.05, 3.63) is 36.2 Å². The molecule has 2 N–H and O–H groups in total. The van der Waals surface area contributed by atoms with Crippen molar-refractivity contribution >= 4 is 27.8 Å². The minimum absolute atomic E-state index is 0.479. The highest BCUT2D eigenvalue weighted by molar-refractivity contribution is 5.95. The van der Waals surface area contributed by atoms with Gasteiger partial charge in [-0.2, -0.15) is 5.10 Å². The zero-order valence-electron chi connectivity index (χ0n) is 14.8. The molecule has 0 amide bonds. The van der Waals surface area contributed by atoms with Crippen LogP contribution in [0, 0.1) is 0 Å². The van der Waals surface area contributed by atoms with Gasteiger partial charge in [0.05, 0.1) is 24.9 Å². The van der Waals surface area contributed by atoms with E-state index in [0.29, 0.717) is 35.9 Å². The number of aromatic amines is 1. The van der Waals surface area contributed by atoms with Crippen LogP contribution in [0.4, 0.5) is 5.82 Å². The van der Waals surface area contributed by atoms with E-state index >= 15 is 0 Å². The van der Waals surface area contributed by atoms with Gasteiger partial charge in [0.15, 0.2) is 17.2 Å². The summed E-state index contributed by atoms with van der Waals surface area (Å²) in [6.45, 7) is 4.41. The average molecular weight is 365 g/mol. The van der Waals surface area contributed by atoms with Crippen molar-refractivity contribution in [1.29, 1.82) is 0 Å². The molecule has 4 aromatic rings. The lowest BCUT2D eigenvalue weighted by Crippen LogP contribution is -2.37. The molecule has 4 heterocycles. The van der Waals surface area contributed by atoms with E-state index in [2.05, 4.69) is 15.1 Å². The lowest BCUT2D eigenvalue weighted by atomic mass is 10.1.